The van der Waals surface area contributed by atoms with Crippen molar-refractivity contribution in [1.82, 2.24) is 4.98 Å². The van der Waals surface area contributed by atoms with E-state index in [2.05, 4.69) is 15.2 Å². The summed E-state index contributed by atoms with van der Waals surface area (Å²) in [5.74, 6) is -1.01. The van der Waals surface area contributed by atoms with Crippen molar-refractivity contribution in [1.29, 1.82) is 0 Å². The quantitative estimate of drug-likeness (QED) is 0.147. The molecule has 1 heterocycles. The van der Waals surface area contributed by atoms with Crippen molar-refractivity contribution in [3.8, 4) is 5.75 Å². The average molecular weight is 509 g/mol. The second kappa shape index (κ2) is 9.11. The van der Waals surface area contributed by atoms with E-state index < -0.39 is 67.5 Å². The number of aromatic nitrogens is 1. The van der Waals surface area contributed by atoms with Crippen LogP contribution in [0.2, 0.25) is 0 Å². The van der Waals surface area contributed by atoms with Crippen LogP contribution in [0.15, 0.2) is 38.2 Å². The lowest BCUT2D eigenvalue weighted by atomic mass is 10.1. The second-order valence-corrected chi connectivity index (χ2v) is 10.9. The van der Waals surface area contributed by atoms with E-state index in [1.807, 2.05) is 0 Å². The molecule has 0 amide bonds. The molecule has 174 valence electrons. The zero-order valence-electron chi connectivity index (χ0n) is 16.0. The molecule has 2 rings (SSSR count). The van der Waals surface area contributed by atoms with Crippen molar-refractivity contribution < 1.29 is 50.2 Å². The molecular formula is C15H16N3O11PS2. The Kier molecular flexibility index (Phi) is 7.31. The second-order valence-electron chi connectivity index (χ2n) is 6.30. The van der Waals surface area contributed by atoms with Crippen molar-refractivity contribution in [3.05, 3.63) is 35.0 Å². The highest BCUT2D eigenvalue weighted by atomic mass is 32.2. The van der Waals surface area contributed by atoms with E-state index >= 15 is 0 Å². The molecule has 0 radical (unpaired) electrons. The number of aldehydes is 1. The van der Waals surface area contributed by atoms with Crippen LogP contribution in [0.4, 0.5) is 11.5 Å². The summed E-state index contributed by atoms with van der Waals surface area (Å²) in [5.41, 5.74) is -1.47. The number of carbonyl (C=O) groups excluding carboxylic acids is 1. The van der Waals surface area contributed by atoms with Gasteiger partial charge in [-0.15, -0.1) is 10.2 Å². The molecule has 0 bridgehead atoms. The molecule has 0 aliphatic heterocycles. The number of aromatic hydroxyl groups is 1. The Morgan fingerprint density at radius 2 is 1.72 bits per heavy atom. The van der Waals surface area contributed by atoms with Gasteiger partial charge in [-0.2, -0.15) is 16.8 Å². The molecular weight excluding hydrogens is 493 g/mol. The molecule has 0 saturated heterocycles. The third-order valence-electron chi connectivity index (χ3n) is 4.00. The number of carbonyl (C=O) groups is 1. The minimum Gasteiger partial charge on any atom is -0.505 e. The number of pyridine rings is 1. The lowest BCUT2D eigenvalue weighted by Gasteiger charge is -2.12. The molecule has 0 aliphatic rings. The Labute approximate surface area is 181 Å². The van der Waals surface area contributed by atoms with Crippen molar-refractivity contribution in [2.75, 3.05) is 6.16 Å². The summed E-state index contributed by atoms with van der Waals surface area (Å²) in [6, 6.07) is 1.93. The SMILES string of the molecule is Cc1nc(N=Nc2cc(S(=O)(=O)O)ccc2S(=O)(=O)O)c(CCP(=O)(O)O)c(C=O)c1O. The molecule has 14 nitrogen and oxygen atoms in total. The van der Waals surface area contributed by atoms with Gasteiger partial charge in [0.1, 0.15) is 16.3 Å². The topological polar surface area (TPSA) is 241 Å². The number of hydrogen-bond donors (Lipinski definition) is 5. The first kappa shape index (κ1) is 25.7. The maximum atomic E-state index is 11.6. The van der Waals surface area contributed by atoms with E-state index in [0.717, 1.165) is 0 Å². The predicted molar refractivity (Wildman–Crippen MR) is 107 cm³/mol. The van der Waals surface area contributed by atoms with Crippen LogP contribution in [-0.2, 0) is 31.2 Å². The van der Waals surface area contributed by atoms with Crippen LogP contribution < -0.4 is 0 Å². The van der Waals surface area contributed by atoms with E-state index in [9.17, 15) is 35.9 Å². The zero-order valence-corrected chi connectivity index (χ0v) is 18.5. The summed E-state index contributed by atoms with van der Waals surface area (Å²) in [7, 11) is -14.2. The van der Waals surface area contributed by atoms with Gasteiger partial charge >= 0.3 is 7.60 Å². The van der Waals surface area contributed by atoms with Crippen LogP contribution in [0.3, 0.4) is 0 Å². The van der Waals surface area contributed by atoms with Crippen LogP contribution in [-0.4, -0.2) is 58.3 Å². The van der Waals surface area contributed by atoms with Crippen LogP contribution in [0.1, 0.15) is 21.6 Å². The van der Waals surface area contributed by atoms with Gasteiger partial charge < -0.3 is 14.9 Å². The average Bonchev–Trinajstić information content (AvgIpc) is 2.64. The number of hydrogen-bond acceptors (Lipinski definition) is 10. The van der Waals surface area contributed by atoms with Gasteiger partial charge in [-0.1, -0.05) is 0 Å². The van der Waals surface area contributed by atoms with Crippen molar-refractivity contribution in [2.45, 2.75) is 23.1 Å². The lowest BCUT2D eigenvalue weighted by molar-refractivity contribution is 0.111. The van der Waals surface area contributed by atoms with Gasteiger partial charge in [0, 0.05) is 5.56 Å². The zero-order chi connectivity index (χ0) is 24.5. The predicted octanol–water partition coefficient (Wildman–Crippen LogP) is 1.54. The normalized spacial score (nSPS) is 12.9. The van der Waals surface area contributed by atoms with Gasteiger partial charge in [-0.25, -0.2) is 4.98 Å². The summed E-state index contributed by atoms with van der Waals surface area (Å²) >= 11 is 0. The summed E-state index contributed by atoms with van der Waals surface area (Å²) in [5, 5.41) is 17.2. The number of azo groups is 1. The fraction of sp³-hybridized carbons (Fsp3) is 0.200. The van der Waals surface area contributed by atoms with Crippen molar-refractivity contribution >= 4 is 45.6 Å². The lowest BCUT2D eigenvalue weighted by Crippen LogP contribution is -2.03. The van der Waals surface area contributed by atoms with Crippen molar-refractivity contribution in [2.24, 2.45) is 10.2 Å². The largest absolute Gasteiger partial charge is 0.505 e. The third-order valence-corrected chi connectivity index (χ3v) is 6.55. The molecule has 0 aliphatic carbocycles. The highest BCUT2D eigenvalue weighted by Gasteiger charge is 2.23. The Balaban J connectivity index is 2.73. The Morgan fingerprint density at radius 1 is 1.09 bits per heavy atom. The highest BCUT2D eigenvalue weighted by molar-refractivity contribution is 7.86. The maximum Gasteiger partial charge on any atom is 0.325 e. The van der Waals surface area contributed by atoms with Gasteiger partial charge in [0.15, 0.2) is 12.1 Å². The molecule has 0 unspecified atom stereocenters. The molecule has 5 N–H and O–H groups in total. The number of nitrogens with zero attached hydrogens (tertiary/aromatic N) is 3. The molecule has 0 saturated carbocycles. The molecule has 2 aromatic rings. The highest BCUT2D eigenvalue weighted by Crippen LogP contribution is 2.38. The number of benzene rings is 1. The molecule has 32 heavy (non-hydrogen) atoms. The van der Waals surface area contributed by atoms with E-state index in [-0.39, 0.29) is 23.1 Å². The summed E-state index contributed by atoms with van der Waals surface area (Å²) in [6.45, 7) is 1.27. The first-order chi connectivity index (χ1) is 14.5. The van der Waals surface area contributed by atoms with Crippen LogP contribution in [0.5, 0.6) is 5.75 Å². The van der Waals surface area contributed by atoms with E-state index in [4.69, 9.17) is 14.3 Å². The van der Waals surface area contributed by atoms with Crippen LogP contribution in [0.25, 0.3) is 0 Å². The van der Waals surface area contributed by atoms with Crippen molar-refractivity contribution in [3.63, 3.8) is 0 Å². The minimum absolute atomic E-state index is 0.123. The van der Waals surface area contributed by atoms with Gasteiger partial charge in [0.2, 0.25) is 0 Å². The molecule has 1 aromatic heterocycles. The monoisotopic (exact) mass is 509 g/mol. The standard InChI is InChI=1S/C15H16N3O11PS2/c1-8-14(20)11(7-19)10(4-5-30(21,22)23)15(16-8)18-17-12-6-9(31(24,25)26)2-3-13(12)32(27,28)29/h2-3,6-7,20H,4-5H2,1H3,(H2,21,22,23)(H,24,25,26)(H,27,28,29). The molecule has 0 spiro atoms. The Hall–Kier alpha value is -2.59. The molecule has 0 atom stereocenters. The summed E-state index contributed by atoms with van der Waals surface area (Å²) in [4.78, 5) is 31.9. The van der Waals surface area contributed by atoms with E-state index in [1.54, 1.807) is 0 Å². The van der Waals surface area contributed by atoms with Crippen LogP contribution >= 0.6 is 7.60 Å². The van der Waals surface area contributed by atoms with E-state index in [1.165, 1.54) is 6.92 Å². The van der Waals surface area contributed by atoms with Gasteiger partial charge in [0.25, 0.3) is 20.2 Å². The maximum absolute atomic E-state index is 11.6. The summed E-state index contributed by atoms with van der Waals surface area (Å²) in [6.07, 6.45) is -1.04. The number of aryl methyl sites for hydroxylation is 1. The van der Waals surface area contributed by atoms with Crippen LogP contribution in [0, 0.1) is 6.92 Å². The Bertz CT molecular complexity index is 1370. The van der Waals surface area contributed by atoms with Gasteiger partial charge in [-0.05, 0) is 31.5 Å². The van der Waals surface area contributed by atoms with E-state index in [0.29, 0.717) is 18.2 Å². The fourth-order valence-corrected chi connectivity index (χ4v) is 4.13. The molecule has 17 heteroatoms. The van der Waals surface area contributed by atoms with Gasteiger partial charge in [-0.3, -0.25) is 18.5 Å². The third kappa shape index (κ3) is 6.23. The number of rotatable bonds is 8. The first-order valence-electron chi connectivity index (χ1n) is 8.27. The minimum atomic E-state index is -4.92. The molecule has 0 fully saturated rings. The first-order valence-corrected chi connectivity index (χ1v) is 13.0. The van der Waals surface area contributed by atoms with Gasteiger partial charge in [0.05, 0.1) is 22.3 Å². The fourth-order valence-electron chi connectivity index (χ4n) is 2.51. The molecule has 1 aromatic carbocycles. The summed E-state index contributed by atoms with van der Waals surface area (Å²) < 4.78 is 75.5. The Morgan fingerprint density at radius 3 is 2.22 bits per heavy atom. The smallest absolute Gasteiger partial charge is 0.325 e.